The fraction of sp³-hybridized carbons (Fsp3) is 0.0172. The molecule has 4 nitrogen and oxygen atoms in total. The lowest BCUT2D eigenvalue weighted by molar-refractivity contribution is 0.436. The summed E-state index contributed by atoms with van der Waals surface area (Å²) in [7, 11) is 0. The summed E-state index contributed by atoms with van der Waals surface area (Å²) in [6, 6.07) is 79.3. The van der Waals surface area contributed by atoms with Gasteiger partial charge in [-0.1, -0.05) is 200 Å². The Hall–Kier alpha value is -8.21. The highest BCUT2D eigenvalue weighted by Gasteiger charge is 2.51. The van der Waals surface area contributed by atoms with E-state index in [4.69, 9.17) is 19.7 Å². The largest absolute Gasteiger partial charge is 0.457 e. The van der Waals surface area contributed by atoms with Gasteiger partial charge in [0.05, 0.1) is 5.41 Å². The first kappa shape index (κ1) is 35.7. The van der Waals surface area contributed by atoms with Gasteiger partial charge >= 0.3 is 0 Å². The Bertz CT molecular complexity index is 3190. The first-order valence-electron chi connectivity index (χ1n) is 21.0. The molecule has 290 valence electrons. The van der Waals surface area contributed by atoms with Crippen molar-refractivity contribution in [2.24, 2.45) is 0 Å². The number of fused-ring (bicyclic) bond motifs is 9. The molecule has 0 unspecified atom stereocenters. The Morgan fingerprint density at radius 1 is 0.258 bits per heavy atom. The summed E-state index contributed by atoms with van der Waals surface area (Å²) >= 11 is 0. The number of hydrogen-bond donors (Lipinski definition) is 0. The fourth-order valence-corrected chi connectivity index (χ4v) is 9.50. The van der Waals surface area contributed by atoms with Gasteiger partial charge in [0.1, 0.15) is 11.5 Å². The van der Waals surface area contributed by atoms with E-state index in [2.05, 4.69) is 164 Å². The van der Waals surface area contributed by atoms with Crippen LogP contribution in [0.3, 0.4) is 0 Å². The van der Waals surface area contributed by atoms with E-state index in [9.17, 15) is 0 Å². The Morgan fingerprint density at radius 3 is 1.05 bits per heavy atom. The summed E-state index contributed by atoms with van der Waals surface area (Å²) in [5.74, 6) is 3.59. The SMILES string of the molecule is c1ccc(-c2ccc(-c3ccc(-c4ccc5c(c4)C4(c6ccccc6Oc6ccccc64)c4cc(-c6nc(-c7ccccc7)nc(-c7ccccc7)n6)ccc4-5)cc3)cc2)cc1. The van der Waals surface area contributed by atoms with Crippen LogP contribution in [0.2, 0.25) is 0 Å². The van der Waals surface area contributed by atoms with Crippen LogP contribution in [0.1, 0.15) is 22.3 Å². The molecule has 2 aliphatic rings. The van der Waals surface area contributed by atoms with Gasteiger partial charge in [-0.05, 0) is 79.9 Å². The highest BCUT2D eigenvalue weighted by Crippen LogP contribution is 2.62. The van der Waals surface area contributed by atoms with Crippen molar-refractivity contribution in [1.82, 2.24) is 15.0 Å². The van der Waals surface area contributed by atoms with Crippen LogP contribution in [-0.2, 0) is 5.41 Å². The molecule has 0 atom stereocenters. The monoisotopic (exact) mass is 791 g/mol. The third-order valence-corrected chi connectivity index (χ3v) is 12.4. The molecule has 9 aromatic carbocycles. The van der Waals surface area contributed by atoms with Gasteiger partial charge in [0.15, 0.2) is 17.5 Å². The predicted molar refractivity (Wildman–Crippen MR) is 250 cm³/mol. The fourth-order valence-electron chi connectivity index (χ4n) is 9.50. The number of para-hydroxylation sites is 2. The van der Waals surface area contributed by atoms with Crippen molar-refractivity contribution in [2.75, 3.05) is 0 Å². The van der Waals surface area contributed by atoms with Gasteiger partial charge in [0.2, 0.25) is 0 Å². The molecule has 0 fully saturated rings. The van der Waals surface area contributed by atoms with E-state index in [-0.39, 0.29) is 0 Å². The molecule has 10 aromatic rings. The van der Waals surface area contributed by atoms with E-state index >= 15 is 0 Å². The van der Waals surface area contributed by atoms with Gasteiger partial charge in [-0.15, -0.1) is 0 Å². The second-order valence-electron chi connectivity index (χ2n) is 15.9. The minimum Gasteiger partial charge on any atom is -0.457 e. The molecular formula is C58H37N3O. The van der Waals surface area contributed by atoms with Crippen molar-refractivity contribution in [1.29, 1.82) is 0 Å². The smallest absolute Gasteiger partial charge is 0.164 e. The van der Waals surface area contributed by atoms with Crippen molar-refractivity contribution in [3.8, 4) is 90.2 Å². The molecule has 1 spiro atoms. The Morgan fingerprint density at radius 2 is 0.581 bits per heavy atom. The molecule has 12 rings (SSSR count). The number of aromatic nitrogens is 3. The second-order valence-corrected chi connectivity index (χ2v) is 15.9. The van der Waals surface area contributed by atoms with Gasteiger partial charge in [-0.25, -0.2) is 15.0 Å². The van der Waals surface area contributed by atoms with Gasteiger partial charge in [0, 0.05) is 27.8 Å². The van der Waals surface area contributed by atoms with E-state index in [1.165, 1.54) is 44.5 Å². The molecule has 1 aliphatic carbocycles. The van der Waals surface area contributed by atoms with Crippen molar-refractivity contribution in [3.05, 3.63) is 247 Å². The zero-order valence-corrected chi connectivity index (χ0v) is 33.6. The predicted octanol–water partition coefficient (Wildman–Crippen LogP) is 14.3. The molecule has 1 aromatic heterocycles. The maximum absolute atomic E-state index is 6.71. The standard InChI is InChI=1S/C58H37N3O/c1-4-14-38(15-5-1)39-24-26-40(27-25-39)41-28-30-42(31-29-41)45-32-34-47-48-35-33-46(57-60-55(43-16-6-2-7-17-43)59-56(61-57)44-18-8-3-9-19-44)37-52(48)58(51(47)36-45)49-20-10-12-22-53(49)62-54-23-13-11-21-50(54)58/h1-37H. The Labute approximate surface area is 360 Å². The van der Waals surface area contributed by atoms with Crippen molar-refractivity contribution >= 4 is 0 Å². The van der Waals surface area contributed by atoms with E-state index < -0.39 is 5.41 Å². The number of rotatable bonds is 6. The molecule has 4 heteroatoms. The third kappa shape index (κ3) is 5.80. The molecule has 0 saturated heterocycles. The van der Waals surface area contributed by atoms with Crippen LogP contribution < -0.4 is 4.74 Å². The Kier molecular flexibility index (Phi) is 8.36. The van der Waals surface area contributed by atoms with Gasteiger partial charge in [-0.3, -0.25) is 0 Å². The summed E-state index contributed by atoms with van der Waals surface area (Å²) < 4.78 is 6.71. The van der Waals surface area contributed by atoms with Crippen LogP contribution >= 0.6 is 0 Å². The highest BCUT2D eigenvalue weighted by atomic mass is 16.5. The van der Waals surface area contributed by atoms with Crippen molar-refractivity contribution in [2.45, 2.75) is 5.41 Å². The van der Waals surface area contributed by atoms with Crippen molar-refractivity contribution in [3.63, 3.8) is 0 Å². The minimum absolute atomic E-state index is 0.621. The van der Waals surface area contributed by atoms with E-state index in [0.717, 1.165) is 50.4 Å². The van der Waals surface area contributed by atoms with E-state index in [1.54, 1.807) is 0 Å². The van der Waals surface area contributed by atoms with Crippen LogP contribution in [0.15, 0.2) is 224 Å². The maximum Gasteiger partial charge on any atom is 0.164 e. The molecule has 2 heterocycles. The van der Waals surface area contributed by atoms with Crippen LogP contribution in [0.5, 0.6) is 11.5 Å². The summed E-state index contributed by atoms with van der Waals surface area (Å²) in [5.41, 5.74) is 16.2. The lowest BCUT2D eigenvalue weighted by Crippen LogP contribution is -2.32. The molecule has 0 radical (unpaired) electrons. The quantitative estimate of drug-likeness (QED) is 0.168. The topological polar surface area (TPSA) is 47.9 Å². The summed E-state index contributed by atoms with van der Waals surface area (Å²) in [6.07, 6.45) is 0. The maximum atomic E-state index is 6.71. The Balaban J connectivity index is 1.02. The zero-order valence-electron chi connectivity index (χ0n) is 33.6. The van der Waals surface area contributed by atoms with Gasteiger partial charge in [-0.2, -0.15) is 0 Å². The number of hydrogen-bond acceptors (Lipinski definition) is 4. The zero-order chi connectivity index (χ0) is 41.0. The minimum atomic E-state index is -0.680. The summed E-state index contributed by atoms with van der Waals surface area (Å²) in [6.45, 7) is 0. The summed E-state index contributed by atoms with van der Waals surface area (Å²) in [5, 5.41) is 0. The molecular weight excluding hydrogens is 755 g/mol. The van der Waals surface area contributed by atoms with Crippen LogP contribution in [-0.4, -0.2) is 15.0 Å². The molecule has 0 N–H and O–H groups in total. The van der Waals surface area contributed by atoms with Gasteiger partial charge in [0.25, 0.3) is 0 Å². The third-order valence-electron chi connectivity index (χ3n) is 12.4. The first-order valence-corrected chi connectivity index (χ1v) is 21.0. The molecule has 0 bridgehead atoms. The number of benzene rings is 9. The molecule has 1 aliphatic heterocycles. The lowest BCUT2D eigenvalue weighted by Gasteiger charge is -2.39. The molecule has 0 saturated carbocycles. The normalized spacial score (nSPS) is 12.8. The van der Waals surface area contributed by atoms with Crippen molar-refractivity contribution < 1.29 is 4.74 Å². The first-order chi connectivity index (χ1) is 30.7. The average Bonchev–Trinajstić information content (AvgIpc) is 3.64. The lowest BCUT2D eigenvalue weighted by atomic mass is 9.65. The van der Waals surface area contributed by atoms with Crippen LogP contribution in [0.4, 0.5) is 0 Å². The molecule has 0 amide bonds. The van der Waals surface area contributed by atoms with E-state index in [0.29, 0.717) is 17.5 Å². The molecule has 62 heavy (non-hydrogen) atoms. The average molecular weight is 792 g/mol. The highest BCUT2D eigenvalue weighted by molar-refractivity contribution is 5.92. The number of ether oxygens (including phenoxy) is 1. The van der Waals surface area contributed by atoms with Crippen LogP contribution in [0, 0.1) is 0 Å². The van der Waals surface area contributed by atoms with Crippen LogP contribution in [0.25, 0.3) is 78.7 Å². The second kappa shape index (κ2) is 14.5. The number of nitrogens with zero attached hydrogens (tertiary/aromatic N) is 3. The summed E-state index contributed by atoms with van der Waals surface area (Å²) in [4.78, 5) is 15.3. The van der Waals surface area contributed by atoms with Gasteiger partial charge < -0.3 is 4.74 Å². The van der Waals surface area contributed by atoms with E-state index in [1.807, 2.05) is 60.7 Å².